The van der Waals surface area contributed by atoms with Crippen LogP contribution in [-0.2, 0) is 9.53 Å². The van der Waals surface area contributed by atoms with Crippen molar-refractivity contribution in [2.45, 2.75) is 17.3 Å². The quantitative estimate of drug-likeness (QED) is 0.496. The molecule has 3 aromatic rings. The Balaban J connectivity index is 1.95. The molecular weight excluding hydrogens is 341 g/mol. The van der Waals surface area contributed by atoms with Gasteiger partial charge < -0.3 is 4.74 Å². The monoisotopic (exact) mass is 357 g/mol. The first-order valence-corrected chi connectivity index (χ1v) is 8.62. The van der Waals surface area contributed by atoms with E-state index in [1.54, 1.807) is 25.1 Å². The molecule has 0 N–H and O–H groups in total. The summed E-state index contributed by atoms with van der Waals surface area (Å²) < 4.78 is 20.8. The van der Waals surface area contributed by atoms with Gasteiger partial charge in [0.05, 0.1) is 12.3 Å². The average Bonchev–Trinajstić information content (AvgIpc) is 3.09. The van der Waals surface area contributed by atoms with Crippen LogP contribution in [0.25, 0.3) is 5.69 Å². The fourth-order valence-corrected chi connectivity index (χ4v) is 3.34. The molecule has 0 saturated heterocycles. The van der Waals surface area contributed by atoms with E-state index in [0.717, 1.165) is 5.56 Å². The number of carbonyl (C=O) groups is 1. The third-order valence-electron chi connectivity index (χ3n) is 3.45. The maximum atomic E-state index is 14.1. The highest BCUT2D eigenvalue weighted by atomic mass is 32.2. The van der Waals surface area contributed by atoms with E-state index in [2.05, 4.69) is 10.2 Å². The Bertz CT molecular complexity index is 854. The molecule has 0 saturated carbocycles. The first kappa shape index (κ1) is 17.2. The SMILES string of the molecule is CCOC(=O)C(Sc1nncn1-c1ccccc1F)c1ccccc1. The van der Waals surface area contributed by atoms with Crippen LogP contribution in [0.1, 0.15) is 17.7 Å². The standard InChI is InChI=1S/C18H16FN3O2S/c1-2-24-17(23)16(13-8-4-3-5-9-13)25-18-21-20-12-22(18)15-11-7-6-10-14(15)19/h3-12,16H,2H2,1H3. The lowest BCUT2D eigenvalue weighted by Crippen LogP contribution is -2.14. The number of hydrogen-bond acceptors (Lipinski definition) is 5. The molecule has 0 aliphatic heterocycles. The maximum absolute atomic E-state index is 14.1. The zero-order valence-corrected chi connectivity index (χ0v) is 14.3. The minimum absolute atomic E-state index is 0.280. The minimum atomic E-state index is -0.615. The lowest BCUT2D eigenvalue weighted by molar-refractivity contribution is -0.142. The van der Waals surface area contributed by atoms with Crippen LogP contribution >= 0.6 is 11.8 Å². The Morgan fingerprint density at radius 1 is 1.20 bits per heavy atom. The molecule has 7 heteroatoms. The Morgan fingerprint density at radius 3 is 2.64 bits per heavy atom. The van der Waals surface area contributed by atoms with Gasteiger partial charge in [0, 0.05) is 0 Å². The first-order valence-electron chi connectivity index (χ1n) is 7.74. The van der Waals surface area contributed by atoms with E-state index < -0.39 is 11.1 Å². The number of nitrogens with zero attached hydrogens (tertiary/aromatic N) is 3. The first-order chi connectivity index (χ1) is 12.2. The van der Waals surface area contributed by atoms with E-state index in [9.17, 15) is 9.18 Å². The predicted octanol–water partition coefficient (Wildman–Crippen LogP) is 3.80. The van der Waals surface area contributed by atoms with E-state index >= 15 is 0 Å². The molecule has 0 aliphatic rings. The largest absolute Gasteiger partial charge is 0.465 e. The highest BCUT2D eigenvalue weighted by Crippen LogP contribution is 2.36. The summed E-state index contributed by atoms with van der Waals surface area (Å²) in [6.07, 6.45) is 1.42. The fourth-order valence-electron chi connectivity index (χ4n) is 2.32. The third kappa shape index (κ3) is 3.88. The number of halogens is 1. The Kier molecular flexibility index (Phi) is 5.45. The van der Waals surface area contributed by atoms with Crippen molar-refractivity contribution in [2.24, 2.45) is 0 Å². The van der Waals surface area contributed by atoms with E-state index in [1.807, 2.05) is 30.3 Å². The molecule has 1 aromatic heterocycles. The van der Waals surface area contributed by atoms with Crippen molar-refractivity contribution in [3.05, 3.63) is 72.3 Å². The van der Waals surface area contributed by atoms with Crippen molar-refractivity contribution in [3.8, 4) is 5.69 Å². The van der Waals surface area contributed by atoms with Gasteiger partial charge in [-0.1, -0.05) is 54.2 Å². The molecule has 0 bridgehead atoms. The summed E-state index contributed by atoms with van der Waals surface area (Å²) in [6, 6.07) is 15.6. The number of rotatable bonds is 6. The van der Waals surface area contributed by atoms with Crippen molar-refractivity contribution >= 4 is 17.7 Å². The summed E-state index contributed by atoms with van der Waals surface area (Å²) in [7, 11) is 0. The van der Waals surface area contributed by atoms with Crippen molar-refractivity contribution < 1.29 is 13.9 Å². The predicted molar refractivity (Wildman–Crippen MR) is 93.0 cm³/mol. The van der Waals surface area contributed by atoms with Crippen LogP contribution in [0.3, 0.4) is 0 Å². The molecule has 0 radical (unpaired) electrons. The second-order valence-electron chi connectivity index (χ2n) is 5.10. The minimum Gasteiger partial charge on any atom is -0.465 e. The topological polar surface area (TPSA) is 57.0 Å². The van der Waals surface area contributed by atoms with Gasteiger partial charge in [-0.3, -0.25) is 9.36 Å². The lowest BCUT2D eigenvalue weighted by atomic mass is 10.1. The molecule has 0 amide bonds. The molecule has 0 spiro atoms. The van der Waals surface area contributed by atoms with E-state index in [1.165, 1.54) is 28.7 Å². The number of ether oxygens (including phenoxy) is 1. The zero-order valence-electron chi connectivity index (χ0n) is 13.5. The van der Waals surface area contributed by atoms with Gasteiger partial charge in [-0.2, -0.15) is 0 Å². The summed E-state index contributed by atoms with van der Waals surface area (Å²) in [5, 5.41) is 7.70. The van der Waals surface area contributed by atoms with Crippen LogP contribution in [-0.4, -0.2) is 27.3 Å². The molecule has 25 heavy (non-hydrogen) atoms. The van der Waals surface area contributed by atoms with Gasteiger partial charge in [0.1, 0.15) is 17.4 Å². The zero-order chi connectivity index (χ0) is 17.6. The number of thioether (sulfide) groups is 1. The molecular formula is C18H16FN3O2S. The van der Waals surface area contributed by atoms with Crippen molar-refractivity contribution in [1.82, 2.24) is 14.8 Å². The summed E-state index contributed by atoms with van der Waals surface area (Å²) in [6.45, 7) is 2.04. The molecule has 5 nitrogen and oxygen atoms in total. The van der Waals surface area contributed by atoms with Crippen molar-refractivity contribution in [1.29, 1.82) is 0 Å². The Labute approximate surface area is 148 Å². The Morgan fingerprint density at radius 2 is 1.92 bits per heavy atom. The van der Waals surface area contributed by atoms with Crippen LogP contribution in [0, 0.1) is 5.82 Å². The number of benzene rings is 2. The van der Waals surface area contributed by atoms with Crippen LogP contribution in [0.5, 0.6) is 0 Å². The summed E-state index contributed by atoms with van der Waals surface area (Å²) >= 11 is 1.17. The fraction of sp³-hybridized carbons (Fsp3) is 0.167. The molecule has 3 rings (SSSR count). The maximum Gasteiger partial charge on any atom is 0.324 e. The van der Waals surface area contributed by atoms with Crippen molar-refractivity contribution in [3.63, 3.8) is 0 Å². The van der Waals surface area contributed by atoms with Gasteiger partial charge in [0.15, 0.2) is 5.16 Å². The van der Waals surface area contributed by atoms with Crippen LogP contribution in [0.15, 0.2) is 66.1 Å². The van der Waals surface area contributed by atoms with E-state index in [-0.39, 0.29) is 12.6 Å². The Hall–Kier alpha value is -2.67. The van der Waals surface area contributed by atoms with E-state index in [0.29, 0.717) is 10.8 Å². The molecule has 1 unspecified atom stereocenters. The number of para-hydroxylation sites is 1. The van der Waals surface area contributed by atoms with Crippen LogP contribution in [0.4, 0.5) is 4.39 Å². The molecule has 128 valence electrons. The second-order valence-corrected chi connectivity index (χ2v) is 6.17. The third-order valence-corrected chi connectivity index (χ3v) is 4.64. The molecule has 1 atom stereocenters. The lowest BCUT2D eigenvalue weighted by Gasteiger charge is -2.15. The van der Waals surface area contributed by atoms with Gasteiger partial charge in [-0.15, -0.1) is 10.2 Å². The van der Waals surface area contributed by atoms with Crippen molar-refractivity contribution in [2.75, 3.05) is 6.61 Å². The average molecular weight is 357 g/mol. The van der Waals surface area contributed by atoms with Gasteiger partial charge in [0.2, 0.25) is 0 Å². The second kappa shape index (κ2) is 7.94. The molecule has 0 aliphatic carbocycles. The molecule has 1 heterocycles. The number of esters is 1. The van der Waals surface area contributed by atoms with Gasteiger partial charge in [-0.05, 0) is 24.6 Å². The van der Waals surface area contributed by atoms with Gasteiger partial charge in [-0.25, -0.2) is 4.39 Å². The molecule has 0 fully saturated rings. The summed E-state index contributed by atoms with van der Waals surface area (Å²) in [5.41, 5.74) is 1.11. The number of carbonyl (C=O) groups excluding carboxylic acids is 1. The van der Waals surface area contributed by atoms with Crippen LogP contribution < -0.4 is 0 Å². The van der Waals surface area contributed by atoms with Gasteiger partial charge in [0.25, 0.3) is 0 Å². The van der Waals surface area contributed by atoms with Crippen LogP contribution in [0.2, 0.25) is 0 Å². The number of hydrogen-bond donors (Lipinski definition) is 0. The van der Waals surface area contributed by atoms with Gasteiger partial charge >= 0.3 is 5.97 Å². The summed E-state index contributed by atoms with van der Waals surface area (Å²) in [5.74, 6) is -0.765. The highest BCUT2D eigenvalue weighted by Gasteiger charge is 2.26. The summed E-state index contributed by atoms with van der Waals surface area (Å²) in [4.78, 5) is 12.4. The van der Waals surface area contributed by atoms with E-state index in [4.69, 9.17) is 4.74 Å². The number of aromatic nitrogens is 3. The highest BCUT2D eigenvalue weighted by molar-refractivity contribution is 8.00. The smallest absolute Gasteiger partial charge is 0.324 e. The molecule has 2 aromatic carbocycles. The normalized spacial score (nSPS) is 11.9.